The third kappa shape index (κ3) is 4.32. The Morgan fingerprint density at radius 3 is 2.85 bits per heavy atom. The van der Waals surface area contributed by atoms with Crippen LogP contribution in [0.3, 0.4) is 0 Å². The Hall–Kier alpha value is -1.92. The second-order valence-electron chi connectivity index (χ2n) is 4.02. The largest absolute Gasteiger partial charge is 0.359 e. The minimum Gasteiger partial charge on any atom is -0.359 e. The minimum absolute atomic E-state index is 0.459. The Balaban J connectivity index is 1.93. The van der Waals surface area contributed by atoms with Crippen molar-refractivity contribution < 1.29 is 0 Å². The number of halogens is 1. The third-order valence-electron chi connectivity index (χ3n) is 2.43. The van der Waals surface area contributed by atoms with Crippen LogP contribution in [-0.4, -0.2) is 26.4 Å². The van der Waals surface area contributed by atoms with Gasteiger partial charge in [-0.25, -0.2) is 9.67 Å². The van der Waals surface area contributed by atoms with Gasteiger partial charge in [-0.3, -0.25) is 5.32 Å². The molecule has 1 aromatic heterocycles. The van der Waals surface area contributed by atoms with E-state index < -0.39 is 0 Å². The van der Waals surface area contributed by atoms with Crippen LogP contribution in [0.2, 0.25) is 5.02 Å². The molecule has 2 N–H and O–H groups in total. The summed E-state index contributed by atoms with van der Waals surface area (Å²) in [7, 11) is 0. The van der Waals surface area contributed by atoms with Gasteiger partial charge >= 0.3 is 0 Å². The molecule has 0 aliphatic rings. The maximum absolute atomic E-state index is 5.84. The zero-order valence-electron chi connectivity index (χ0n) is 10.7. The van der Waals surface area contributed by atoms with Crippen molar-refractivity contribution in [2.24, 2.45) is 0 Å². The van der Waals surface area contributed by atoms with Crippen LogP contribution in [0.25, 0.3) is 0 Å². The van der Waals surface area contributed by atoms with Gasteiger partial charge in [0.05, 0.1) is 6.54 Å². The van der Waals surface area contributed by atoms with Gasteiger partial charge in [-0.2, -0.15) is 0 Å². The number of thiocarbonyl (C=S) groups is 1. The molecule has 7 heteroatoms. The van der Waals surface area contributed by atoms with Gasteiger partial charge in [0.1, 0.15) is 6.33 Å². The molecule has 0 spiro atoms. The van der Waals surface area contributed by atoms with E-state index in [9.17, 15) is 0 Å². The molecule has 0 atom stereocenters. The average Bonchev–Trinajstić information content (AvgIpc) is 2.86. The van der Waals surface area contributed by atoms with Gasteiger partial charge in [0, 0.05) is 11.6 Å². The zero-order valence-corrected chi connectivity index (χ0v) is 12.3. The van der Waals surface area contributed by atoms with E-state index in [0.717, 1.165) is 5.56 Å². The zero-order chi connectivity index (χ0) is 14.4. The third-order valence-corrected chi connectivity index (χ3v) is 2.92. The molecule has 0 amide bonds. The topological polar surface area (TPSA) is 54.8 Å². The van der Waals surface area contributed by atoms with Gasteiger partial charge in [-0.05, 0) is 29.9 Å². The summed E-state index contributed by atoms with van der Waals surface area (Å²) in [5.74, 6) is 0.459. The number of hydrogen-bond donors (Lipinski definition) is 2. The van der Waals surface area contributed by atoms with Crippen molar-refractivity contribution in [1.29, 1.82) is 0 Å². The fourth-order valence-corrected chi connectivity index (χ4v) is 1.82. The highest BCUT2D eigenvalue weighted by Gasteiger charge is 2.03. The van der Waals surface area contributed by atoms with Gasteiger partial charge in [0.2, 0.25) is 5.95 Å². The smallest absolute Gasteiger partial charge is 0.248 e. The summed E-state index contributed by atoms with van der Waals surface area (Å²) < 4.78 is 1.72. The molecule has 0 saturated heterocycles. The van der Waals surface area contributed by atoms with Crippen LogP contribution in [0.1, 0.15) is 5.56 Å². The van der Waals surface area contributed by atoms with E-state index in [4.69, 9.17) is 23.8 Å². The fourth-order valence-electron chi connectivity index (χ4n) is 1.52. The van der Waals surface area contributed by atoms with Gasteiger partial charge in [0.15, 0.2) is 5.11 Å². The first-order chi connectivity index (χ1) is 9.67. The molecule has 0 aliphatic carbocycles. The summed E-state index contributed by atoms with van der Waals surface area (Å²) in [6.07, 6.45) is 3.37. The van der Waals surface area contributed by atoms with Crippen LogP contribution in [0, 0.1) is 0 Å². The van der Waals surface area contributed by atoms with E-state index in [1.54, 1.807) is 17.1 Å². The van der Waals surface area contributed by atoms with Crippen molar-refractivity contribution in [2.75, 3.05) is 11.9 Å². The Labute approximate surface area is 127 Å². The monoisotopic (exact) mass is 307 g/mol. The Morgan fingerprint density at radius 2 is 2.15 bits per heavy atom. The Morgan fingerprint density at radius 1 is 1.40 bits per heavy atom. The summed E-state index contributed by atoms with van der Waals surface area (Å²) in [6.45, 7) is 4.82. The predicted octanol–water partition coefficient (Wildman–Crippen LogP) is 2.45. The predicted molar refractivity (Wildman–Crippen MR) is 85.0 cm³/mol. The van der Waals surface area contributed by atoms with E-state index in [1.165, 1.54) is 0 Å². The quantitative estimate of drug-likeness (QED) is 0.656. The lowest BCUT2D eigenvalue weighted by molar-refractivity contribution is 0.687. The lowest BCUT2D eigenvalue weighted by atomic mass is 10.2. The number of nitrogens with zero attached hydrogens (tertiary/aromatic N) is 3. The van der Waals surface area contributed by atoms with Crippen LogP contribution in [0.5, 0.6) is 0 Å². The first-order valence-corrected chi connectivity index (χ1v) is 6.75. The van der Waals surface area contributed by atoms with Gasteiger partial charge in [-0.1, -0.05) is 29.8 Å². The fraction of sp³-hybridized carbons (Fsp3) is 0.154. The average molecular weight is 308 g/mol. The number of benzene rings is 1. The van der Waals surface area contributed by atoms with Crippen LogP contribution in [0.4, 0.5) is 5.95 Å². The molecule has 0 fully saturated rings. The summed E-state index contributed by atoms with van der Waals surface area (Å²) in [5.41, 5.74) is 1.10. The highest BCUT2D eigenvalue weighted by atomic mass is 35.5. The molecule has 5 nitrogen and oxygen atoms in total. The molecular weight excluding hydrogens is 294 g/mol. The van der Waals surface area contributed by atoms with Crippen LogP contribution >= 0.6 is 23.8 Å². The van der Waals surface area contributed by atoms with E-state index in [2.05, 4.69) is 27.3 Å². The summed E-state index contributed by atoms with van der Waals surface area (Å²) >= 11 is 10.9. The molecule has 2 rings (SSSR count). The van der Waals surface area contributed by atoms with Crippen molar-refractivity contribution in [3.05, 3.63) is 53.8 Å². The van der Waals surface area contributed by atoms with Gasteiger partial charge in [-0.15, -0.1) is 11.7 Å². The number of nitrogens with one attached hydrogen (secondary N) is 2. The van der Waals surface area contributed by atoms with Crippen LogP contribution in [0.15, 0.2) is 43.2 Å². The van der Waals surface area contributed by atoms with Gasteiger partial charge in [0.25, 0.3) is 0 Å². The van der Waals surface area contributed by atoms with E-state index in [-0.39, 0.29) is 0 Å². The molecule has 0 radical (unpaired) electrons. The van der Waals surface area contributed by atoms with Crippen molar-refractivity contribution in [1.82, 2.24) is 20.1 Å². The summed E-state index contributed by atoms with van der Waals surface area (Å²) in [4.78, 5) is 4.14. The highest BCUT2D eigenvalue weighted by Crippen LogP contribution is 2.10. The second kappa shape index (κ2) is 7.02. The SMILES string of the molecule is C=CCNC(=S)Nc1ncn(Cc2ccc(Cl)cc2)n1. The number of aromatic nitrogens is 3. The van der Waals surface area contributed by atoms with Gasteiger partial charge < -0.3 is 5.32 Å². The summed E-state index contributed by atoms with van der Waals surface area (Å²) in [6, 6.07) is 7.60. The molecule has 104 valence electrons. The van der Waals surface area contributed by atoms with E-state index in [1.807, 2.05) is 24.3 Å². The molecule has 0 bridgehead atoms. The number of rotatable bonds is 5. The maximum atomic E-state index is 5.84. The molecule has 0 unspecified atom stereocenters. The molecular formula is C13H14ClN5S. The summed E-state index contributed by atoms with van der Waals surface area (Å²) in [5, 5.41) is 11.3. The molecule has 1 heterocycles. The Bertz CT molecular complexity index is 593. The molecule has 0 aliphatic heterocycles. The normalized spacial score (nSPS) is 10.1. The van der Waals surface area contributed by atoms with E-state index in [0.29, 0.717) is 29.2 Å². The minimum atomic E-state index is 0.459. The lowest BCUT2D eigenvalue weighted by Gasteiger charge is -2.04. The van der Waals surface area contributed by atoms with Crippen LogP contribution in [-0.2, 0) is 6.54 Å². The molecule has 20 heavy (non-hydrogen) atoms. The van der Waals surface area contributed by atoms with Crippen molar-refractivity contribution in [3.63, 3.8) is 0 Å². The first kappa shape index (κ1) is 14.5. The lowest BCUT2D eigenvalue weighted by Crippen LogP contribution is -2.28. The van der Waals surface area contributed by atoms with Crippen molar-refractivity contribution >= 4 is 34.9 Å². The maximum Gasteiger partial charge on any atom is 0.248 e. The van der Waals surface area contributed by atoms with Crippen LogP contribution < -0.4 is 10.6 Å². The Kier molecular flexibility index (Phi) is 5.09. The molecule has 1 aromatic carbocycles. The van der Waals surface area contributed by atoms with Crippen molar-refractivity contribution in [2.45, 2.75) is 6.54 Å². The number of anilines is 1. The van der Waals surface area contributed by atoms with E-state index >= 15 is 0 Å². The highest BCUT2D eigenvalue weighted by molar-refractivity contribution is 7.80. The number of hydrogen-bond acceptors (Lipinski definition) is 3. The standard InChI is InChI=1S/C13H14ClN5S/c1-2-7-15-13(20)17-12-16-9-19(18-12)8-10-3-5-11(14)6-4-10/h2-6,9H,1,7-8H2,(H2,15,17,18,20). The molecule has 0 saturated carbocycles. The van der Waals surface area contributed by atoms with Crippen molar-refractivity contribution in [3.8, 4) is 0 Å². The first-order valence-electron chi connectivity index (χ1n) is 5.97. The molecule has 2 aromatic rings. The second-order valence-corrected chi connectivity index (χ2v) is 4.86.